The number of benzene rings is 1. The fourth-order valence-corrected chi connectivity index (χ4v) is 3.01. The number of rotatable bonds is 3. The van der Waals surface area contributed by atoms with Crippen molar-refractivity contribution >= 4 is 5.91 Å². The Bertz CT molecular complexity index is 654. The molecule has 0 unspecified atom stereocenters. The maximum Gasteiger partial charge on any atom is 0.270 e. The lowest BCUT2D eigenvalue weighted by Crippen LogP contribution is -2.36. The summed E-state index contributed by atoms with van der Waals surface area (Å²) < 4.78 is 15.0. The van der Waals surface area contributed by atoms with Crippen molar-refractivity contribution in [1.29, 1.82) is 0 Å². The molecule has 1 amide bonds. The van der Waals surface area contributed by atoms with E-state index < -0.39 is 0 Å². The van der Waals surface area contributed by atoms with Gasteiger partial charge >= 0.3 is 0 Å². The molecular weight excluding hydrogens is 279 g/mol. The lowest BCUT2D eigenvalue weighted by atomic mass is 10.1. The summed E-state index contributed by atoms with van der Waals surface area (Å²) in [5.41, 5.74) is 2.62. The Kier molecular flexibility index (Phi) is 4.27. The predicted octanol–water partition coefficient (Wildman–Crippen LogP) is 3.94. The lowest BCUT2D eigenvalue weighted by molar-refractivity contribution is 0.0713. The molecule has 0 atom stereocenters. The second kappa shape index (κ2) is 6.34. The van der Waals surface area contributed by atoms with Gasteiger partial charge < -0.3 is 9.47 Å². The van der Waals surface area contributed by atoms with Crippen molar-refractivity contribution in [2.75, 3.05) is 13.1 Å². The number of likely N-dealkylation sites (tertiary alicyclic amines) is 1. The molecule has 1 aliphatic rings. The number of aromatic nitrogens is 1. The number of hydrogen-bond donors (Lipinski definition) is 0. The first-order valence-corrected chi connectivity index (χ1v) is 7.94. The van der Waals surface area contributed by atoms with E-state index in [1.165, 1.54) is 18.6 Å². The maximum absolute atomic E-state index is 13.1. The molecule has 0 radical (unpaired) electrons. The molecule has 0 N–H and O–H groups in total. The van der Waals surface area contributed by atoms with E-state index in [0.29, 0.717) is 0 Å². The van der Waals surface area contributed by atoms with Crippen molar-refractivity contribution in [2.24, 2.45) is 0 Å². The van der Waals surface area contributed by atoms with E-state index in [9.17, 15) is 9.18 Å². The quantitative estimate of drug-likeness (QED) is 0.843. The zero-order valence-electron chi connectivity index (χ0n) is 12.9. The van der Waals surface area contributed by atoms with Gasteiger partial charge in [0.05, 0.1) is 0 Å². The largest absolute Gasteiger partial charge is 0.343 e. The minimum absolute atomic E-state index is 0.106. The Morgan fingerprint density at radius 2 is 1.77 bits per heavy atom. The molecule has 2 aromatic rings. The number of halogens is 1. The van der Waals surface area contributed by atoms with Gasteiger partial charge in [0.2, 0.25) is 0 Å². The van der Waals surface area contributed by atoms with E-state index in [4.69, 9.17) is 0 Å². The number of carbonyl (C=O) groups is 1. The molecule has 1 saturated heterocycles. The van der Waals surface area contributed by atoms with Crippen molar-refractivity contribution in [2.45, 2.75) is 32.7 Å². The molecule has 4 heteroatoms. The summed E-state index contributed by atoms with van der Waals surface area (Å²) in [5, 5.41) is 0. The topological polar surface area (TPSA) is 25.2 Å². The molecule has 0 spiro atoms. The van der Waals surface area contributed by atoms with Gasteiger partial charge in [-0.05, 0) is 49.9 Å². The van der Waals surface area contributed by atoms with Crippen LogP contribution in [0.3, 0.4) is 0 Å². The minimum atomic E-state index is -0.247. The highest BCUT2D eigenvalue weighted by atomic mass is 19.1. The van der Waals surface area contributed by atoms with Gasteiger partial charge in [-0.1, -0.05) is 12.1 Å². The Morgan fingerprint density at radius 1 is 1.09 bits per heavy atom. The lowest BCUT2D eigenvalue weighted by Gasteiger charge is -2.26. The van der Waals surface area contributed by atoms with E-state index in [-0.39, 0.29) is 11.7 Å². The third-order valence-electron chi connectivity index (χ3n) is 4.28. The third-order valence-corrected chi connectivity index (χ3v) is 4.28. The van der Waals surface area contributed by atoms with Crippen molar-refractivity contribution in [1.82, 2.24) is 9.47 Å². The highest BCUT2D eigenvalue weighted by Crippen LogP contribution is 2.24. The van der Waals surface area contributed by atoms with E-state index in [1.807, 2.05) is 28.7 Å². The zero-order valence-corrected chi connectivity index (χ0v) is 12.9. The molecule has 0 saturated carbocycles. The van der Waals surface area contributed by atoms with Crippen LogP contribution in [0.1, 0.15) is 36.7 Å². The molecule has 1 aliphatic heterocycles. The molecule has 0 aliphatic carbocycles. The maximum atomic E-state index is 13.1. The molecule has 1 fully saturated rings. The highest BCUT2D eigenvalue weighted by molar-refractivity contribution is 5.94. The smallest absolute Gasteiger partial charge is 0.270 e. The average molecular weight is 300 g/mol. The SMILES string of the molecule is CCn1cc(-c2ccc(F)cc2)cc1C(=O)N1CCCCC1. The van der Waals surface area contributed by atoms with Gasteiger partial charge in [-0.25, -0.2) is 4.39 Å². The van der Waals surface area contributed by atoms with Crippen molar-refractivity contribution < 1.29 is 9.18 Å². The van der Waals surface area contributed by atoms with Gasteiger partial charge in [0, 0.05) is 31.4 Å². The summed E-state index contributed by atoms with van der Waals surface area (Å²) in [6.07, 6.45) is 5.36. The van der Waals surface area contributed by atoms with Crippen LogP contribution in [-0.4, -0.2) is 28.5 Å². The standard InChI is InChI=1S/C18H21FN2O/c1-2-20-13-15(14-6-8-16(19)9-7-14)12-17(20)18(22)21-10-4-3-5-11-21/h6-9,12-13H,2-5,10-11H2,1H3. The van der Waals surface area contributed by atoms with Crippen LogP contribution in [0, 0.1) is 5.82 Å². The summed E-state index contributed by atoms with van der Waals surface area (Å²) in [6, 6.07) is 8.32. The van der Waals surface area contributed by atoms with Gasteiger partial charge in [-0.2, -0.15) is 0 Å². The summed E-state index contributed by atoms with van der Waals surface area (Å²) >= 11 is 0. The van der Waals surface area contributed by atoms with Gasteiger partial charge in [0.15, 0.2) is 0 Å². The van der Waals surface area contributed by atoms with Crippen LogP contribution < -0.4 is 0 Å². The second-order valence-corrected chi connectivity index (χ2v) is 5.76. The molecule has 116 valence electrons. The Balaban J connectivity index is 1.90. The highest BCUT2D eigenvalue weighted by Gasteiger charge is 2.21. The van der Waals surface area contributed by atoms with Crippen LogP contribution in [0.5, 0.6) is 0 Å². The zero-order chi connectivity index (χ0) is 15.5. The summed E-state index contributed by atoms with van der Waals surface area (Å²) in [7, 11) is 0. The van der Waals surface area contributed by atoms with Crippen LogP contribution in [0.15, 0.2) is 36.5 Å². The van der Waals surface area contributed by atoms with E-state index >= 15 is 0 Å². The summed E-state index contributed by atoms with van der Waals surface area (Å²) in [4.78, 5) is 14.7. The van der Waals surface area contributed by atoms with E-state index in [0.717, 1.165) is 49.3 Å². The van der Waals surface area contributed by atoms with Gasteiger partial charge in [-0.15, -0.1) is 0 Å². The number of piperidine rings is 1. The molecule has 3 rings (SSSR count). The average Bonchev–Trinajstić information content (AvgIpc) is 3.00. The van der Waals surface area contributed by atoms with E-state index in [1.54, 1.807) is 12.1 Å². The summed E-state index contributed by atoms with van der Waals surface area (Å²) in [5.74, 6) is -0.141. The number of nitrogens with zero attached hydrogens (tertiary/aromatic N) is 2. The van der Waals surface area contributed by atoms with Crippen LogP contribution in [0.2, 0.25) is 0 Å². The molecule has 1 aromatic carbocycles. The van der Waals surface area contributed by atoms with Crippen LogP contribution in [0.4, 0.5) is 4.39 Å². The minimum Gasteiger partial charge on any atom is -0.343 e. The molecular formula is C18H21FN2O. The fourth-order valence-electron chi connectivity index (χ4n) is 3.01. The first-order valence-electron chi connectivity index (χ1n) is 7.94. The van der Waals surface area contributed by atoms with Crippen LogP contribution >= 0.6 is 0 Å². The third kappa shape index (κ3) is 2.91. The first kappa shape index (κ1) is 14.8. The monoisotopic (exact) mass is 300 g/mol. The molecule has 2 heterocycles. The van der Waals surface area contributed by atoms with Crippen LogP contribution in [-0.2, 0) is 6.54 Å². The van der Waals surface area contributed by atoms with E-state index in [2.05, 4.69) is 0 Å². The Labute approximate surface area is 130 Å². The van der Waals surface area contributed by atoms with Gasteiger partial charge in [0.25, 0.3) is 5.91 Å². The number of carbonyl (C=O) groups excluding carboxylic acids is 1. The number of hydrogen-bond acceptors (Lipinski definition) is 1. The van der Waals surface area contributed by atoms with Crippen LogP contribution in [0.25, 0.3) is 11.1 Å². The Hall–Kier alpha value is -2.10. The van der Waals surface area contributed by atoms with Crippen molar-refractivity contribution in [3.63, 3.8) is 0 Å². The number of amides is 1. The van der Waals surface area contributed by atoms with Crippen molar-refractivity contribution in [3.8, 4) is 11.1 Å². The van der Waals surface area contributed by atoms with Crippen molar-refractivity contribution in [3.05, 3.63) is 48.0 Å². The Morgan fingerprint density at radius 3 is 2.41 bits per heavy atom. The first-order chi connectivity index (χ1) is 10.7. The molecule has 1 aromatic heterocycles. The molecule has 3 nitrogen and oxygen atoms in total. The van der Waals surface area contributed by atoms with Gasteiger partial charge in [0.1, 0.15) is 11.5 Å². The fraction of sp³-hybridized carbons (Fsp3) is 0.389. The second-order valence-electron chi connectivity index (χ2n) is 5.76. The number of aryl methyl sites for hydroxylation is 1. The molecule has 0 bridgehead atoms. The predicted molar refractivity (Wildman–Crippen MR) is 85.3 cm³/mol. The molecule has 22 heavy (non-hydrogen) atoms. The normalized spacial score (nSPS) is 15.1. The van der Waals surface area contributed by atoms with Gasteiger partial charge in [-0.3, -0.25) is 4.79 Å². The summed E-state index contributed by atoms with van der Waals surface area (Å²) in [6.45, 7) is 4.47.